The van der Waals surface area contributed by atoms with Crippen molar-refractivity contribution in [1.29, 1.82) is 0 Å². The molecule has 0 aliphatic heterocycles. The minimum absolute atomic E-state index is 0.354. The lowest BCUT2D eigenvalue weighted by atomic mass is 10.1. The van der Waals surface area contributed by atoms with E-state index < -0.39 is 0 Å². The molecule has 0 fully saturated rings. The highest BCUT2D eigenvalue weighted by molar-refractivity contribution is 4.52. The Hall–Kier alpha value is -1.00. The van der Waals surface area contributed by atoms with Crippen LogP contribution in [-0.2, 0) is 9.47 Å². The molecule has 4 heteroatoms. The molecule has 4 nitrogen and oxygen atoms in total. The molecule has 0 saturated heterocycles. The van der Waals surface area contributed by atoms with Crippen LogP contribution >= 0.6 is 0 Å². The summed E-state index contributed by atoms with van der Waals surface area (Å²) in [6.07, 6.45) is 28.3. The molecule has 0 radical (unpaired) electrons. The van der Waals surface area contributed by atoms with Crippen LogP contribution in [-0.4, -0.2) is 36.6 Å². The Kier molecular flexibility index (Phi) is 35.9. The van der Waals surface area contributed by atoms with Crippen LogP contribution in [0.5, 0.6) is 0 Å². The van der Waals surface area contributed by atoms with Gasteiger partial charge in [0.2, 0.25) is 0 Å². The van der Waals surface area contributed by atoms with Gasteiger partial charge in [0.1, 0.15) is 0 Å². The second-order valence-electron chi connectivity index (χ2n) is 8.59. The normalized spacial score (nSPS) is 10.3. The molecule has 0 aromatic heterocycles. The van der Waals surface area contributed by atoms with E-state index in [9.17, 15) is 0 Å². The van der Waals surface area contributed by atoms with E-state index in [0.29, 0.717) is 13.2 Å². The Morgan fingerprint density at radius 1 is 0.375 bits per heavy atom. The Balaban J connectivity index is 0. The van der Waals surface area contributed by atoms with Gasteiger partial charge in [-0.2, -0.15) is 0 Å². The Bertz CT molecular complexity index is 301. The van der Waals surface area contributed by atoms with E-state index >= 15 is 0 Å². The highest BCUT2D eigenvalue weighted by atomic mass is 16.5. The zero-order valence-electron chi connectivity index (χ0n) is 21.3. The maximum absolute atomic E-state index is 8.61. The van der Waals surface area contributed by atoms with Gasteiger partial charge in [0, 0.05) is 13.2 Å². The molecule has 0 heterocycles. The summed E-state index contributed by atoms with van der Waals surface area (Å²) in [6.45, 7) is 9.38. The number of aliphatic hydroxyl groups excluding tert-OH is 2. The van der Waals surface area contributed by atoms with Gasteiger partial charge in [-0.1, -0.05) is 116 Å². The van der Waals surface area contributed by atoms with E-state index in [-0.39, 0.29) is 0 Å². The number of ether oxygens (including phenoxy) is 2. The van der Waals surface area contributed by atoms with Crippen molar-refractivity contribution in [3.05, 3.63) is 25.7 Å². The van der Waals surface area contributed by atoms with Gasteiger partial charge in [0.15, 0.2) is 0 Å². The lowest BCUT2D eigenvalue weighted by Crippen LogP contribution is -1.88. The van der Waals surface area contributed by atoms with E-state index in [1.54, 1.807) is 0 Å². The van der Waals surface area contributed by atoms with Gasteiger partial charge in [0.05, 0.1) is 25.7 Å². The number of unbranched alkanes of at least 4 members (excludes halogenated alkanes) is 18. The summed E-state index contributed by atoms with van der Waals surface area (Å²) in [6, 6.07) is 0. The quantitative estimate of drug-likeness (QED) is 0.102. The summed E-state index contributed by atoms with van der Waals surface area (Å²) in [5, 5.41) is 17.2. The number of hydrogen-bond acceptors (Lipinski definition) is 4. The van der Waals surface area contributed by atoms with E-state index in [4.69, 9.17) is 19.7 Å². The van der Waals surface area contributed by atoms with Crippen LogP contribution in [0.2, 0.25) is 0 Å². The topological polar surface area (TPSA) is 58.9 Å². The predicted octanol–water partition coefficient (Wildman–Crippen LogP) is 8.08. The van der Waals surface area contributed by atoms with Crippen molar-refractivity contribution in [1.82, 2.24) is 0 Å². The first-order chi connectivity index (χ1) is 15.8. The van der Waals surface area contributed by atoms with Crippen molar-refractivity contribution in [3.8, 4) is 0 Å². The summed E-state index contributed by atoms with van der Waals surface area (Å²) in [7, 11) is 0. The summed E-state index contributed by atoms with van der Waals surface area (Å²) in [4.78, 5) is 0. The molecule has 0 aliphatic rings. The van der Waals surface area contributed by atoms with Crippen LogP contribution in [0, 0.1) is 0 Å². The fourth-order valence-electron chi connectivity index (χ4n) is 3.59. The zero-order chi connectivity index (χ0) is 23.8. The smallest absolute Gasteiger partial charge is 0.0873 e. The van der Waals surface area contributed by atoms with Crippen LogP contribution in [0.25, 0.3) is 0 Å². The van der Waals surface area contributed by atoms with Crippen molar-refractivity contribution in [2.24, 2.45) is 0 Å². The van der Waals surface area contributed by atoms with Gasteiger partial charge in [-0.3, -0.25) is 0 Å². The number of hydrogen-bond donors (Lipinski definition) is 2. The second kappa shape index (κ2) is 34.6. The maximum atomic E-state index is 8.61. The molecule has 2 N–H and O–H groups in total. The second-order valence-corrected chi connectivity index (χ2v) is 8.59. The molecule has 0 spiro atoms. The van der Waals surface area contributed by atoms with E-state index in [1.165, 1.54) is 115 Å². The maximum Gasteiger partial charge on any atom is 0.0873 e. The first kappa shape index (κ1) is 33.2. The molecule has 0 aliphatic carbocycles. The third kappa shape index (κ3) is 36.4. The van der Waals surface area contributed by atoms with Crippen molar-refractivity contribution in [3.63, 3.8) is 0 Å². The molecule has 192 valence electrons. The van der Waals surface area contributed by atoms with Gasteiger partial charge >= 0.3 is 0 Å². The van der Waals surface area contributed by atoms with Crippen LogP contribution in [0.15, 0.2) is 25.7 Å². The number of aliphatic hydroxyl groups is 2. The molecule has 0 aromatic carbocycles. The zero-order valence-corrected chi connectivity index (χ0v) is 21.3. The van der Waals surface area contributed by atoms with Gasteiger partial charge in [0.25, 0.3) is 0 Å². The minimum Gasteiger partial charge on any atom is -0.502 e. The largest absolute Gasteiger partial charge is 0.502 e. The molecular formula is C28H56O4. The standard InChI is InChI=1S/2C14H28O2/c2*1-2-16-14-12-10-8-6-4-3-5-7-9-11-13-15/h2*2,15H,1,3-14H2. The van der Waals surface area contributed by atoms with Crippen molar-refractivity contribution < 1.29 is 19.7 Å². The average molecular weight is 457 g/mol. The predicted molar refractivity (Wildman–Crippen MR) is 139 cm³/mol. The van der Waals surface area contributed by atoms with Gasteiger partial charge in [-0.15, -0.1) is 0 Å². The third-order valence-corrected chi connectivity index (χ3v) is 5.58. The highest BCUT2D eigenvalue weighted by Gasteiger charge is 1.94. The lowest BCUT2D eigenvalue weighted by molar-refractivity contribution is 0.241. The van der Waals surface area contributed by atoms with Gasteiger partial charge in [-0.05, 0) is 25.7 Å². The Morgan fingerprint density at radius 2 is 0.594 bits per heavy atom. The first-order valence-electron chi connectivity index (χ1n) is 13.5. The summed E-state index contributed by atoms with van der Waals surface area (Å²) < 4.78 is 10.1. The van der Waals surface area contributed by atoms with Crippen LogP contribution in [0.1, 0.15) is 128 Å². The van der Waals surface area contributed by atoms with Crippen LogP contribution < -0.4 is 0 Å². The van der Waals surface area contributed by atoms with Crippen LogP contribution in [0.3, 0.4) is 0 Å². The fraction of sp³-hybridized carbons (Fsp3) is 0.857. The highest BCUT2D eigenvalue weighted by Crippen LogP contribution is 2.11. The van der Waals surface area contributed by atoms with Crippen molar-refractivity contribution in [2.45, 2.75) is 128 Å². The van der Waals surface area contributed by atoms with E-state index in [2.05, 4.69) is 13.2 Å². The fourth-order valence-corrected chi connectivity index (χ4v) is 3.59. The van der Waals surface area contributed by atoms with Crippen molar-refractivity contribution >= 4 is 0 Å². The molecule has 0 atom stereocenters. The van der Waals surface area contributed by atoms with Crippen molar-refractivity contribution in [2.75, 3.05) is 26.4 Å². The SMILES string of the molecule is C=COCCCCCCCCCCCCO.C=COCCCCCCCCCCCCO. The van der Waals surface area contributed by atoms with E-state index in [1.807, 2.05) is 0 Å². The Labute approximate surface area is 200 Å². The number of rotatable bonds is 26. The summed E-state index contributed by atoms with van der Waals surface area (Å²) >= 11 is 0. The monoisotopic (exact) mass is 456 g/mol. The first-order valence-corrected chi connectivity index (χ1v) is 13.5. The van der Waals surface area contributed by atoms with E-state index in [0.717, 1.165) is 38.9 Å². The molecule has 0 unspecified atom stereocenters. The molecular weight excluding hydrogens is 400 g/mol. The molecule has 0 rings (SSSR count). The third-order valence-electron chi connectivity index (χ3n) is 5.58. The summed E-state index contributed by atoms with van der Waals surface area (Å²) in [5.41, 5.74) is 0. The van der Waals surface area contributed by atoms with Gasteiger partial charge < -0.3 is 19.7 Å². The molecule has 0 amide bonds. The minimum atomic E-state index is 0.354. The lowest BCUT2D eigenvalue weighted by Gasteiger charge is -2.02. The molecule has 0 aromatic rings. The Morgan fingerprint density at radius 3 is 0.812 bits per heavy atom. The van der Waals surface area contributed by atoms with Crippen LogP contribution in [0.4, 0.5) is 0 Å². The molecule has 0 bridgehead atoms. The molecule has 32 heavy (non-hydrogen) atoms. The van der Waals surface area contributed by atoms with Gasteiger partial charge in [-0.25, -0.2) is 0 Å². The summed E-state index contributed by atoms with van der Waals surface area (Å²) in [5.74, 6) is 0. The average Bonchev–Trinajstić information content (AvgIpc) is 2.81. The molecule has 0 saturated carbocycles.